The Morgan fingerprint density at radius 3 is 2.61 bits per heavy atom. The molecule has 0 aromatic heterocycles. The standard InChI is InChI=1S/C15H22ClNO/c1-5-6-10-17(4)14(18)15(2,3)12-8-7-9-13(16)11-12/h7-9,11H,5-6,10H2,1-4H3. The Hall–Kier alpha value is -1.02. The zero-order valence-corrected chi connectivity index (χ0v) is 12.4. The molecule has 0 saturated carbocycles. The lowest BCUT2D eigenvalue weighted by Crippen LogP contribution is -2.41. The van der Waals surface area contributed by atoms with Crippen LogP contribution in [0.3, 0.4) is 0 Å². The molecule has 18 heavy (non-hydrogen) atoms. The molecule has 1 aromatic carbocycles. The van der Waals surface area contributed by atoms with Crippen LogP contribution in [0.5, 0.6) is 0 Å². The number of rotatable bonds is 5. The molecule has 0 saturated heterocycles. The third-order valence-electron chi connectivity index (χ3n) is 3.27. The van der Waals surface area contributed by atoms with Crippen molar-refractivity contribution < 1.29 is 4.79 Å². The predicted octanol–water partition coefficient (Wildman–Crippen LogP) is 3.88. The normalized spacial score (nSPS) is 11.4. The van der Waals surface area contributed by atoms with Crippen LogP contribution in [0.25, 0.3) is 0 Å². The minimum absolute atomic E-state index is 0.137. The molecule has 0 aliphatic carbocycles. The van der Waals surface area contributed by atoms with Crippen LogP contribution in [0, 0.1) is 0 Å². The van der Waals surface area contributed by atoms with Gasteiger partial charge in [0.2, 0.25) is 5.91 Å². The lowest BCUT2D eigenvalue weighted by Gasteiger charge is -2.30. The van der Waals surface area contributed by atoms with Gasteiger partial charge in [-0.05, 0) is 38.0 Å². The van der Waals surface area contributed by atoms with E-state index < -0.39 is 5.41 Å². The van der Waals surface area contributed by atoms with Gasteiger partial charge >= 0.3 is 0 Å². The van der Waals surface area contributed by atoms with Crippen molar-refractivity contribution in [2.24, 2.45) is 0 Å². The molecule has 3 heteroatoms. The van der Waals surface area contributed by atoms with Crippen molar-refractivity contribution in [3.63, 3.8) is 0 Å². The number of amides is 1. The third-order valence-corrected chi connectivity index (χ3v) is 3.51. The van der Waals surface area contributed by atoms with Crippen LogP contribution in [0.2, 0.25) is 5.02 Å². The van der Waals surface area contributed by atoms with E-state index in [0.717, 1.165) is 24.9 Å². The number of benzene rings is 1. The van der Waals surface area contributed by atoms with Gasteiger partial charge in [-0.15, -0.1) is 0 Å². The Labute approximate surface area is 115 Å². The summed E-state index contributed by atoms with van der Waals surface area (Å²) in [5, 5.41) is 0.671. The van der Waals surface area contributed by atoms with E-state index in [2.05, 4.69) is 6.92 Å². The molecule has 0 bridgehead atoms. The molecule has 1 aromatic rings. The number of likely N-dealkylation sites (N-methyl/N-ethyl adjacent to an activating group) is 1. The van der Waals surface area contributed by atoms with Gasteiger partial charge in [-0.1, -0.05) is 37.1 Å². The molecule has 1 amide bonds. The molecular formula is C15H22ClNO. The van der Waals surface area contributed by atoms with Crippen molar-refractivity contribution in [2.75, 3.05) is 13.6 Å². The molecule has 0 unspecified atom stereocenters. The molecule has 0 N–H and O–H groups in total. The van der Waals surface area contributed by atoms with Gasteiger partial charge in [-0.3, -0.25) is 4.79 Å². The summed E-state index contributed by atoms with van der Waals surface area (Å²) in [6, 6.07) is 7.54. The quantitative estimate of drug-likeness (QED) is 0.793. The van der Waals surface area contributed by atoms with Gasteiger partial charge in [0.25, 0.3) is 0 Å². The van der Waals surface area contributed by atoms with Gasteiger partial charge in [0, 0.05) is 18.6 Å². The summed E-state index contributed by atoms with van der Waals surface area (Å²) in [5.74, 6) is 0.137. The molecule has 0 aliphatic heterocycles. The summed E-state index contributed by atoms with van der Waals surface area (Å²) in [7, 11) is 1.87. The van der Waals surface area contributed by atoms with Crippen LogP contribution < -0.4 is 0 Å². The van der Waals surface area contributed by atoms with Crippen LogP contribution in [-0.2, 0) is 10.2 Å². The maximum Gasteiger partial charge on any atom is 0.232 e. The highest BCUT2D eigenvalue weighted by molar-refractivity contribution is 6.30. The Kier molecular flexibility index (Phi) is 5.21. The van der Waals surface area contributed by atoms with Crippen LogP contribution in [-0.4, -0.2) is 24.4 Å². The van der Waals surface area contributed by atoms with Crippen LogP contribution in [0.1, 0.15) is 39.2 Å². The molecule has 100 valence electrons. The van der Waals surface area contributed by atoms with Gasteiger partial charge < -0.3 is 4.90 Å². The minimum Gasteiger partial charge on any atom is -0.345 e. The van der Waals surface area contributed by atoms with Crippen LogP contribution >= 0.6 is 11.6 Å². The lowest BCUT2D eigenvalue weighted by atomic mass is 9.83. The topological polar surface area (TPSA) is 20.3 Å². The number of hydrogen-bond acceptors (Lipinski definition) is 1. The van der Waals surface area contributed by atoms with Crippen molar-refractivity contribution >= 4 is 17.5 Å². The van der Waals surface area contributed by atoms with Gasteiger partial charge in [0.1, 0.15) is 0 Å². The van der Waals surface area contributed by atoms with Crippen LogP contribution in [0.4, 0.5) is 0 Å². The second kappa shape index (κ2) is 6.24. The highest BCUT2D eigenvalue weighted by atomic mass is 35.5. The summed E-state index contributed by atoms with van der Waals surface area (Å²) >= 11 is 5.99. The molecule has 1 rings (SSSR count). The number of carbonyl (C=O) groups excluding carboxylic acids is 1. The first-order chi connectivity index (χ1) is 8.39. The third kappa shape index (κ3) is 3.49. The molecule has 0 radical (unpaired) electrons. The van der Waals surface area contributed by atoms with Gasteiger partial charge in [0.05, 0.1) is 5.41 Å². The lowest BCUT2D eigenvalue weighted by molar-refractivity contribution is -0.135. The van der Waals surface area contributed by atoms with Gasteiger partial charge in [0.15, 0.2) is 0 Å². The number of nitrogens with zero attached hydrogens (tertiary/aromatic N) is 1. The fourth-order valence-corrected chi connectivity index (χ4v) is 2.16. The monoisotopic (exact) mass is 267 g/mol. The highest BCUT2D eigenvalue weighted by Gasteiger charge is 2.32. The van der Waals surface area contributed by atoms with E-state index in [1.165, 1.54) is 0 Å². The number of hydrogen-bond donors (Lipinski definition) is 0. The summed E-state index contributed by atoms with van der Waals surface area (Å²) in [6.07, 6.45) is 2.13. The average molecular weight is 268 g/mol. The smallest absolute Gasteiger partial charge is 0.232 e. The van der Waals surface area contributed by atoms with Crippen molar-refractivity contribution in [1.29, 1.82) is 0 Å². The molecular weight excluding hydrogens is 246 g/mol. The average Bonchev–Trinajstić information content (AvgIpc) is 2.34. The molecule has 0 heterocycles. The Morgan fingerprint density at radius 1 is 1.39 bits per heavy atom. The summed E-state index contributed by atoms with van der Waals surface area (Å²) < 4.78 is 0. The minimum atomic E-state index is -0.534. The maximum absolute atomic E-state index is 12.5. The fraction of sp³-hybridized carbons (Fsp3) is 0.533. The van der Waals surface area contributed by atoms with Crippen LogP contribution in [0.15, 0.2) is 24.3 Å². The predicted molar refractivity (Wildman–Crippen MR) is 77.0 cm³/mol. The molecule has 0 spiro atoms. The summed E-state index contributed by atoms with van der Waals surface area (Å²) in [5.41, 5.74) is 0.427. The zero-order valence-electron chi connectivity index (χ0n) is 11.7. The Balaban J connectivity index is 2.88. The maximum atomic E-state index is 12.5. The zero-order chi connectivity index (χ0) is 13.8. The fourth-order valence-electron chi connectivity index (χ4n) is 1.97. The first kappa shape index (κ1) is 15.0. The van der Waals surface area contributed by atoms with Gasteiger partial charge in [-0.25, -0.2) is 0 Å². The van der Waals surface area contributed by atoms with Crippen molar-refractivity contribution in [1.82, 2.24) is 4.90 Å². The first-order valence-corrected chi connectivity index (χ1v) is 6.79. The molecule has 2 nitrogen and oxygen atoms in total. The van der Waals surface area contributed by atoms with E-state index in [4.69, 9.17) is 11.6 Å². The van der Waals surface area contributed by atoms with E-state index in [1.807, 2.05) is 50.1 Å². The van der Waals surface area contributed by atoms with Gasteiger partial charge in [-0.2, -0.15) is 0 Å². The first-order valence-electron chi connectivity index (χ1n) is 6.41. The largest absolute Gasteiger partial charge is 0.345 e. The van der Waals surface area contributed by atoms with Crippen molar-refractivity contribution in [3.8, 4) is 0 Å². The number of halogens is 1. The van der Waals surface area contributed by atoms with Crippen molar-refractivity contribution in [2.45, 2.75) is 39.0 Å². The SMILES string of the molecule is CCCCN(C)C(=O)C(C)(C)c1cccc(Cl)c1. The second-order valence-electron chi connectivity index (χ2n) is 5.22. The summed E-state index contributed by atoms with van der Waals surface area (Å²) in [4.78, 5) is 14.3. The van der Waals surface area contributed by atoms with E-state index in [9.17, 15) is 4.79 Å². The van der Waals surface area contributed by atoms with E-state index >= 15 is 0 Å². The molecule has 0 atom stereocenters. The van der Waals surface area contributed by atoms with E-state index in [1.54, 1.807) is 0 Å². The summed E-state index contributed by atoms with van der Waals surface area (Å²) in [6.45, 7) is 6.83. The Morgan fingerprint density at radius 2 is 2.06 bits per heavy atom. The molecule has 0 aliphatic rings. The van der Waals surface area contributed by atoms with E-state index in [-0.39, 0.29) is 5.91 Å². The number of carbonyl (C=O) groups is 1. The molecule has 0 fully saturated rings. The van der Waals surface area contributed by atoms with E-state index in [0.29, 0.717) is 5.02 Å². The number of unbranched alkanes of at least 4 members (excludes halogenated alkanes) is 1. The highest BCUT2D eigenvalue weighted by Crippen LogP contribution is 2.27. The Bertz CT molecular complexity index is 415. The second-order valence-corrected chi connectivity index (χ2v) is 5.65. The van der Waals surface area contributed by atoms with Crippen molar-refractivity contribution in [3.05, 3.63) is 34.9 Å².